The summed E-state index contributed by atoms with van der Waals surface area (Å²) in [5, 5.41) is 24.3. The van der Waals surface area contributed by atoms with Gasteiger partial charge in [0.15, 0.2) is 12.4 Å². The zero-order chi connectivity index (χ0) is 22.2. The number of alkyl halides is 3. The second-order valence-electron chi connectivity index (χ2n) is 7.42. The van der Waals surface area contributed by atoms with Crippen molar-refractivity contribution in [2.24, 2.45) is 0 Å². The van der Waals surface area contributed by atoms with E-state index >= 15 is 0 Å². The van der Waals surface area contributed by atoms with Gasteiger partial charge in [-0.1, -0.05) is 17.3 Å². The lowest BCUT2D eigenvalue weighted by atomic mass is 9.90. The number of para-hydroxylation sites is 1. The van der Waals surface area contributed by atoms with Gasteiger partial charge in [0.2, 0.25) is 0 Å². The minimum atomic E-state index is -4.84. The standard InChI is InChI=1S/C19H19F3N6O3/c1-11-6-7-12(16-8-14(25-31-16)17(29)19(20,21)22)9-27(11)18(30)13-4-2-3-5-15(13)28-24-10-23-26-28/h2-5,8,10-12,17,29H,6-7,9H2,1H3/t11-,12-,17?/m1/s1. The van der Waals surface area contributed by atoms with Gasteiger partial charge in [-0.3, -0.25) is 4.79 Å². The Balaban J connectivity index is 1.57. The maximum Gasteiger partial charge on any atom is 0.420 e. The van der Waals surface area contributed by atoms with Crippen LogP contribution in [0.5, 0.6) is 0 Å². The van der Waals surface area contributed by atoms with Crippen molar-refractivity contribution in [3.63, 3.8) is 0 Å². The Hall–Kier alpha value is -3.28. The Morgan fingerprint density at radius 2 is 2.06 bits per heavy atom. The zero-order valence-electron chi connectivity index (χ0n) is 16.4. The predicted octanol–water partition coefficient (Wildman–Crippen LogP) is 2.65. The van der Waals surface area contributed by atoms with Gasteiger partial charge in [-0.05, 0) is 37.1 Å². The number of aliphatic hydroxyl groups excluding tert-OH is 1. The molecule has 0 saturated carbocycles. The average Bonchev–Trinajstić information content (AvgIpc) is 3.45. The highest BCUT2D eigenvalue weighted by atomic mass is 19.4. The molecule has 1 fully saturated rings. The maximum absolute atomic E-state index is 13.3. The highest BCUT2D eigenvalue weighted by Crippen LogP contribution is 2.36. The van der Waals surface area contributed by atoms with Crippen molar-refractivity contribution in [2.45, 2.75) is 44.0 Å². The number of tetrazole rings is 1. The van der Waals surface area contributed by atoms with E-state index in [1.54, 1.807) is 29.2 Å². The van der Waals surface area contributed by atoms with Crippen LogP contribution in [0.4, 0.5) is 13.2 Å². The van der Waals surface area contributed by atoms with Crippen molar-refractivity contribution in [1.82, 2.24) is 30.3 Å². The number of hydrogen-bond donors (Lipinski definition) is 1. The lowest BCUT2D eigenvalue weighted by Crippen LogP contribution is -2.45. The summed E-state index contributed by atoms with van der Waals surface area (Å²) in [6.07, 6.45) is -5.06. The molecule has 0 spiro atoms. The first kappa shape index (κ1) is 21.0. The van der Waals surface area contributed by atoms with Gasteiger partial charge in [-0.15, -0.1) is 15.0 Å². The molecule has 3 aromatic rings. The number of aliphatic hydroxyl groups is 1. The minimum absolute atomic E-state index is 0.0938. The monoisotopic (exact) mass is 436 g/mol. The van der Waals surface area contributed by atoms with E-state index in [4.69, 9.17) is 4.52 Å². The third-order valence-corrected chi connectivity index (χ3v) is 5.38. The molecule has 1 aliphatic heterocycles. The summed E-state index contributed by atoms with van der Waals surface area (Å²) in [4.78, 5) is 16.2. The van der Waals surface area contributed by atoms with Crippen LogP contribution in [-0.2, 0) is 0 Å². The molecule has 0 bridgehead atoms. The van der Waals surface area contributed by atoms with Gasteiger partial charge in [0.25, 0.3) is 5.91 Å². The summed E-state index contributed by atoms with van der Waals surface area (Å²) in [6, 6.07) is 7.84. The molecule has 9 nitrogen and oxygen atoms in total. The number of piperidine rings is 1. The van der Waals surface area contributed by atoms with Gasteiger partial charge < -0.3 is 14.5 Å². The van der Waals surface area contributed by atoms with Gasteiger partial charge in [0.1, 0.15) is 17.1 Å². The minimum Gasteiger partial charge on any atom is -0.378 e. The molecule has 2 aromatic heterocycles. The van der Waals surface area contributed by atoms with Crippen LogP contribution < -0.4 is 0 Å². The van der Waals surface area contributed by atoms with E-state index in [1.165, 1.54) is 11.1 Å². The number of likely N-dealkylation sites (tertiary alicyclic amines) is 1. The van der Waals surface area contributed by atoms with E-state index < -0.39 is 18.0 Å². The molecule has 0 radical (unpaired) electrons. The summed E-state index contributed by atoms with van der Waals surface area (Å²) in [5.41, 5.74) is 0.245. The molecule has 3 atom stereocenters. The number of aromatic nitrogens is 5. The molecule has 1 aliphatic rings. The van der Waals surface area contributed by atoms with Crippen molar-refractivity contribution < 1.29 is 27.6 Å². The third kappa shape index (κ3) is 4.15. The first-order valence-corrected chi connectivity index (χ1v) is 9.60. The van der Waals surface area contributed by atoms with E-state index in [0.717, 1.165) is 6.07 Å². The van der Waals surface area contributed by atoms with Gasteiger partial charge in [-0.25, -0.2) is 0 Å². The normalized spacial score (nSPS) is 20.6. The molecule has 3 heterocycles. The smallest absolute Gasteiger partial charge is 0.378 e. The van der Waals surface area contributed by atoms with Crippen LogP contribution in [0.15, 0.2) is 41.2 Å². The highest BCUT2D eigenvalue weighted by molar-refractivity contribution is 5.98. The number of benzene rings is 1. The SMILES string of the molecule is C[C@@H]1CC[C@@H](c2cc(C(O)C(F)(F)F)no2)CN1C(=O)c1ccccc1-n1ncnn1. The number of hydrogen-bond acceptors (Lipinski definition) is 7. The lowest BCUT2D eigenvalue weighted by molar-refractivity contribution is -0.208. The summed E-state index contributed by atoms with van der Waals surface area (Å²) in [7, 11) is 0. The van der Waals surface area contributed by atoms with E-state index in [9.17, 15) is 23.1 Å². The first-order valence-electron chi connectivity index (χ1n) is 9.60. The first-order chi connectivity index (χ1) is 14.8. The highest BCUT2D eigenvalue weighted by Gasteiger charge is 2.42. The molecule has 1 aromatic carbocycles. The van der Waals surface area contributed by atoms with Crippen molar-refractivity contribution >= 4 is 5.91 Å². The van der Waals surface area contributed by atoms with Crippen molar-refractivity contribution in [3.05, 3.63) is 53.7 Å². The molecule has 0 aliphatic carbocycles. The fourth-order valence-electron chi connectivity index (χ4n) is 3.68. The summed E-state index contributed by atoms with van der Waals surface area (Å²) >= 11 is 0. The van der Waals surface area contributed by atoms with Crippen LogP contribution >= 0.6 is 0 Å². The van der Waals surface area contributed by atoms with Crippen molar-refractivity contribution in [1.29, 1.82) is 0 Å². The number of nitrogens with zero attached hydrogens (tertiary/aromatic N) is 6. The van der Waals surface area contributed by atoms with Crippen molar-refractivity contribution in [3.8, 4) is 5.69 Å². The Bertz CT molecular complexity index is 1050. The van der Waals surface area contributed by atoms with Crippen LogP contribution in [0.2, 0.25) is 0 Å². The topological polar surface area (TPSA) is 110 Å². The average molecular weight is 436 g/mol. The Kier molecular flexibility index (Phi) is 5.48. The molecule has 164 valence electrons. The Morgan fingerprint density at radius 1 is 1.29 bits per heavy atom. The molecular weight excluding hydrogens is 417 g/mol. The van der Waals surface area contributed by atoms with Crippen LogP contribution in [-0.4, -0.2) is 60.0 Å². The van der Waals surface area contributed by atoms with Crippen LogP contribution in [0.3, 0.4) is 0 Å². The van der Waals surface area contributed by atoms with Gasteiger partial charge >= 0.3 is 6.18 Å². The number of amides is 1. The van der Waals surface area contributed by atoms with Gasteiger partial charge in [0, 0.05) is 24.6 Å². The zero-order valence-corrected chi connectivity index (χ0v) is 16.4. The van der Waals surface area contributed by atoms with E-state index in [1.807, 2.05) is 6.92 Å². The number of rotatable bonds is 4. The summed E-state index contributed by atoms with van der Waals surface area (Å²) in [5.74, 6) is -0.409. The van der Waals surface area contributed by atoms with E-state index in [2.05, 4.69) is 20.6 Å². The fourth-order valence-corrected chi connectivity index (χ4v) is 3.68. The van der Waals surface area contributed by atoms with Gasteiger partial charge in [-0.2, -0.15) is 13.2 Å². The fraction of sp³-hybridized carbons (Fsp3) is 0.421. The third-order valence-electron chi connectivity index (χ3n) is 5.38. The Labute approximate surface area is 174 Å². The predicted molar refractivity (Wildman–Crippen MR) is 99.1 cm³/mol. The van der Waals surface area contributed by atoms with E-state index in [-0.39, 0.29) is 30.2 Å². The largest absolute Gasteiger partial charge is 0.420 e. The number of carbonyl (C=O) groups excluding carboxylic acids is 1. The van der Waals surface area contributed by atoms with Crippen molar-refractivity contribution in [2.75, 3.05) is 6.54 Å². The lowest BCUT2D eigenvalue weighted by Gasteiger charge is -2.37. The second kappa shape index (κ2) is 8.10. The van der Waals surface area contributed by atoms with Crippen LogP contribution in [0.25, 0.3) is 5.69 Å². The Morgan fingerprint density at radius 3 is 2.77 bits per heavy atom. The maximum atomic E-state index is 13.3. The van der Waals surface area contributed by atoms with Crippen LogP contribution in [0, 0.1) is 0 Å². The second-order valence-corrected chi connectivity index (χ2v) is 7.42. The molecule has 12 heteroatoms. The molecule has 4 rings (SSSR count). The number of halogens is 3. The van der Waals surface area contributed by atoms with Gasteiger partial charge in [0.05, 0.1) is 5.56 Å². The molecule has 31 heavy (non-hydrogen) atoms. The number of carbonyl (C=O) groups is 1. The van der Waals surface area contributed by atoms with E-state index in [0.29, 0.717) is 24.1 Å². The molecular formula is C19H19F3N6O3. The molecule has 1 unspecified atom stereocenters. The molecule has 1 saturated heterocycles. The van der Waals surface area contributed by atoms with Crippen LogP contribution in [0.1, 0.15) is 53.6 Å². The quantitative estimate of drug-likeness (QED) is 0.669. The molecule has 1 N–H and O–H groups in total. The summed E-state index contributed by atoms with van der Waals surface area (Å²) < 4.78 is 43.3. The summed E-state index contributed by atoms with van der Waals surface area (Å²) in [6.45, 7) is 2.14. The molecule has 1 amide bonds.